The lowest BCUT2D eigenvalue weighted by Crippen LogP contribution is -2.65. The predicted molar refractivity (Wildman–Crippen MR) is 392 cm³/mol. The number of nitrogens with one attached hydrogen (secondary N) is 1. The highest BCUT2D eigenvalue weighted by atomic mass is 16.7. The molecule has 14 nitrogen and oxygen atoms in total. The molecule has 95 heavy (non-hydrogen) atoms. The van der Waals surface area contributed by atoms with Crippen LogP contribution in [0.3, 0.4) is 0 Å². The number of rotatable bonds is 67. The summed E-state index contributed by atoms with van der Waals surface area (Å²) in [7, 11) is 0. The highest BCUT2D eigenvalue weighted by Crippen LogP contribution is 2.30. The summed E-state index contributed by atoms with van der Waals surface area (Å²) >= 11 is 0. The number of amides is 1. The van der Waals surface area contributed by atoms with Gasteiger partial charge in [-0.25, -0.2) is 0 Å². The minimum Gasteiger partial charge on any atom is -0.394 e. The average molecular weight is 1350 g/mol. The highest BCUT2D eigenvalue weighted by molar-refractivity contribution is 5.76. The lowest BCUT2D eigenvalue weighted by Gasteiger charge is -2.46. The Bertz CT molecular complexity index is 1830. The van der Waals surface area contributed by atoms with Gasteiger partial charge in [-0.15, -0.1) is 0 Å². The van der Waals surface area contributed by atoms with Gasteiger partial charge in [-0.2, -0.15) is 0 Å². The molecule has 1 amide bonds. The zero-order valence-electron chi connectivity index (χ0n) is 60.9. The Morgan fingerprint density at radius 2 is 0.705 bits per heavy atom. The molecule has 12 unspecified atom stereocenters. The molecule has 2 aliphatic rings. The second-order valence-corrected chi connectivity index (χ2v) is 28.2. The lowest BCUT2D eigenvalue weighted by atomic mass is 9.97. The van der Waals surface area contributed by atoms with Crippen LogP contribution in [0.25, 0.3) is 0 Å². The van der Waals surface area contributed by atoms with Crippen LogP contribution >= 0.6 is 0 Å². The van der Waals surface area contributed by atoms with Crippen molar-refractivity contribution in [1.82, 2.24) is 5.32 Å². The van der Waals surface area contributed by atoms with Crippen LogP contribution in [-0.2, 0) is 23.7 Å². The maximum Gasteiger partial charge on any atom is 0.220 e. The van der Waals surface area contributed by atoms with Crippen LogP contribution in [0.2, 0.25) is 0 Å². The number of carbonyl (C=O) groups is 1. The fraction of sp³-hybridized carbons (Fsp3) is 0.864. The third kappa shape index (κ3) is 48.2. The normalized spacial score (nSPS) is 22.6. The van der Waals surface area contributed by atoms with E-state index in [-0.39, 0.29) is 18.9 Å². The summed E-state index contributed by atoms with van der Waals surface area (Å²) < 4.78 is 22.9. The Hall–Kier alpha value is -2.31. The van der Waals surface area contributed by atoms with Crippen molar-refractivity contribution in [3.63, 3.8) is 0 Å². The molecule has 2 rings (SSSR count). The van der Waals surface area contributed by atoms with Crippen LogP contribution in [0.1, 0.15) is 354 Å². The van der Waals surface area contributed by atoms with Crippen molar-refractivity contribution in [2.75, 3.05) is 19.8 Å². The molecule has 14 heteroatoms. The largest absolute Gasteiger partial charge is 0.394 e. The molecule has 0 spiro atoms. The van der Waals surface area contributed by atoms with Crippen LogP contribution in [0, 0.1) is 0 Å². The minimum absolute atomic E-state index is 0.246. The van der Waals surface area contributed by atoms with Crippen molar-refractivity contribution in [3.8, 4) is 0 Å². The van der Waals surface area contributed by atoms with E-state index in [1.807, 2.05) is 6.08 Å². The number of allylic oxidation sites excluding steroid dienone is 9. The van der Waals surface area contributed by atoms with E-state index in [1.165, 1.54) is 276 Å². The number of ether oxygens (including phenoxy) is 4. The van der Waals surface area contributed by atoms with E-state index in [0.29, 0.717) is 12.8 Å². The van der Waals surface area contributed by atoms with Gasteiger partial charge in [-0.3, -0.25) is 4.79 Å². The SMILES string of the molecule is CCCCCCC/C=C\C/C=C\C/C=C\CCCCCCCCCCCCCCCCC(=O)NC(COC1OC(CO)C(OC2OC(CO)C(O)C(O)C2O)C(O)C1O)C(O)/C=C/CC/C=C/CCCCCCCCCCCCCCCCCCCCCCCCCCCC. The van der Waals surface area contributed by atoms with Crippen LogP contribution in [-0.4, -0.2) is 140 Å². The Morgan fingerprint density at radius 1 is 0.379 bits per heavy atom. The van der Waals surface area contributed by atoms with Gasteiger partial charge in [-0.1, -0.05) is 338 Å². The standard InChI is InChI=1S/C81H149NO13/c1-3-5-7-9-11-13-15-17-19-21-23-25-27-29-31-33-34-35-37-38-40-42-44-46-48-50-52-54-56-58-60-62-64-70(85)69(68-92-80-78(91)76(89)79(72(67-84)94-80)95-81-77(90)75(88)74(87)71(66-83)93-81)82-73(86)65-63-61-59-57-55-53-51-49-47-45-43-41-39-36-32-30-28-26-24-22-20-18-16-14-12-10-8-6-4-2/h16,18,22,24,28,30,54,56,62,64,69-72,74-81,83-85,87-91H,3-15,17,19-21,23,25-27,29,31-53,55,57-61,63,65-68H2,1-2H3,(H,82,86)/b18-16-,24-22-,30-28-,56-54+,64-62+. The van der Waals surface area contributed by atoms with Crippen LogP contribution in [0.15, 0.2) is 60.8 Å². The fourth-order valence-corrected chi connectivity index (χ4v) is 13.1. The smallest absolute Gasteiger partial charge is 0.220 e. The molecule has 0 aromatic heterocycles. The Morgan fingerprint density at radius 3 is 1.11 bits per heavy atom. The molecule has 2 heterocycles. The molecule has 2 fully saturated rings. The van der Waals surface area contributed by atoms with Gasteiger partial charge in [-0.05, 0) is 70.6 Å². The predicted octanol–water partition coefficient (Wildman–Crippen LogP) is 18.0. The van der Waals surface area contributed by atoms with Gasteiger partial charge in [0.05, 0.1) is 32.0 Å². The summed E-state index contributed by atoms with van der Waals surface area (Å²) in [6.45, 7) is 2.82. The first-order valence-electron chi connectivity index (χ1n) is 40.0. The zero-order chi connectivity index (χ0) is 68.7. The maximum atomic E-state index is 13.4. The summed E-state index contributed by atoms with van der Waals surface area (Å²) in [5.74, 6) is -0.246. The molecule has 0 bridgehead atoms. The Kier molecular flexibility index (Phi) is 60.8. The molecular formula is C81H149NO13. The third-order valence-electron chi connectivity index (χ3n) is 19.4. The monoisotopic (exact) mass is 1340 g/mol. The second-order valence-electron chi connectivity index (χ2n) is 28.2. The number of aliphatic hydroxyl groups excluding tert-OH is 8. The lowest BCUT2D eigenvalue weighted by molar-refractivity contribution is -0.359. The molecule has 9 N–H and O–H groups in total. The summed E-state index contributed by atoms with van der Waals surface area (Å²) in [6, 6.07) is -0.936. The number of carbonyl (C=O) groups excluding carboxylic acids is 1. The van der Waals surface area contributed by atoms with Crippen LogP contribution in [0.4, 0.5) is 0 Å². The number of hydrogen-bond donors (Lipinski definition) is 9. The van der Waals surface area contributed by atoms with Gasteiger partial charge in [0.15, 0.2) is 12.6 Å². The van der Waals surface area contributed by atoms with E-state index in [0.717, 1.165) is 44.9 Å². The first-order chi connectivity index (χ1) is 46.6. The van der Waals surface area contributed by atoms with Crippen molar-refractivity contribution >= 4 is 5.91 Å². The average Bonchev–Trinajstić information content (AvgIpc) is 0.801. The van der Waals surface area contributed by atoms with Crippen LogP contribution in [0.5, 0.6) is 0 Å². The summed E-state index contributed by atoms with van der Waals surface area (Å²) in [4.78, 5) is 13.4. The van der Waals surface area contributed by atoms with Gasteiger partial charge in [0, 0.05) is 6.42 Å². The Labute approximate surface area is 581 Å². The molecule has 12 atom stereocenters. The van der Waals surface area contributed by atoms with Crippen molar-refractivity contribution < 1.29 is 64.6 Å². The first kappa shape index (κ1) is 88.8. The molecular weight excluding hydrogens is 1190 g/mol. The maximum absolute atomic E-state index is 13.4. The molecule has 556 valence electrons. The van der Waals surface area contributed by atoms with Crippen molar-refractivity contribution in [2.24, 2.45) is 0 Å². The quantitative estimate of drug-likeness (QED) is 0.0204. The van der Waals surface area contributed by atoms with E-state index in [2.05, 4.69) is 67.8 Å². The minimum atomic E-state index is -1.79. The summed E-state index contributed by atoms with van der Waals surface area (Å²) in [5.41, 5.74) is 0. The van der Waals surface area contributed by atoms with E-state index < -0.39 is 86.8 Å². The summed E-state index contributed by atoms with van der Waals surface area (Å²) in [5, 5.41) is 87.6. The molecule has 2 aliphatic heterocycles. The zero-order valence-corrected chi connectivity index (χ0v) is 60.9. The summed E-state index contributed by atoms with van der Waals surface area (Å²) in [6.07, 6.45) is 71.6. The highest BCUT2D eigenvalue weighted by Gasteiger charge is 2.51. The molecule has 0 aromatic carbocycles. The van der Waals surface area contributed by atoms with E-state index >= 15 is 0 Å². The number of unbranched alkanes of at least 4 members (excludes halogenated alkanes) is 46. The molecule has 0 saturated carbocycles. The van der Waals surface area contributed by atoms with Crippen LogP contribution < -0.4 is 5.32 Å². The fourth-order valence-electron chi connectivity index (χ4n) is 13.1. The van der Waals surface area contributed by atoms with Gasteiger partial charge < -0.3 is 65.1 Å². The van der Waals surface area contributed by atoms with Gasteiger partial charge in [0.25, 0.3) is 0 Å². The van der Waals surface area contributed by atoms with Crippen molar-refractivity contribution in [1.29, 1.82) is 0 Å². The molecule has 2 saturated heterocycles. The van der Waals surface area contributed by atoms with Gasteiger partial charge in [0.2, 0.25) is 5.91 Å². The molecule has 0 radical (unpaired) electrons. The van der Waals surface area contributed by atoms with Crippen molar-refractivity contribution in [3.05, 3.63) is 60.8 Å². The Balaban J connectivity index is 1.64. The second kappa shape index (κ2) is 65.0. The van der Waals surface area contributed by atoms with E-state index in [4.69, 9.17) is 18.9 Å². The number of hydrogen-bond acceptors (Lipinski definition) is 13. The first-order valence-corrected chi connectivity index (χ1v) is 40.0. The van der Waals surface area contributed by atoms with Gasteiger partial charge in [0.1, 0.15) is 48.8 Å². The third-order valence-corrected chi connectivity index (χ3v) is 19.4. The van der Waals surface area contributed by atoms with E-state index in [1.54, 1.807) is 6.08 Å². The topological polar surface area (TPSA) is 228 Å². The van der Waals surface area contributed by atoms with E-state index in [9.17, 15) is 45.6 Å². The van der Waals surface area contributed by atoms with Gasteiger partial charge >= 0.3 is 0 Å². The van der Waals surface area contributed by atoms with Crippen molar-refractivity contribution in [2.45, 2.75) is 428 Å². The number of aliphatic hydroxyl groups is 8. The molecule has 0 aromatic rings. The molecule has 0 aliphatic carbocycles.